The van der Waals surface area contributed by atoms with Crippen molar-refractivity contribution < 1.29 is 4.39 Å². The number of hydrogen-bond donors (Lipinski definition) is 0. The van der Waals surface area contributed by atoms with Crippen LogP contribution in [-0.2, 0) is 0 Å². The van der Waals surface area contributed by atoms with Gasteiger partial charge in [-0.05, 0) is 67.9 Å². The molecule has 0 saturated carbocycles. The molecular weight excluding hydrogens is 377 g/mol. The van der Waals surface area contributed by atoms with Crippen LogP contribution in [0.3, 0.4) is 0 Å². The van der Waals surface area contributed by atoms with E-state index in [1.54, 1.807) is 23.0 Å². The maximum atomic E-state index is 13.4. The summed E-state index contributed by atoms with van der Waals surface area (Å²) in [7, 11) is 0. The highest BCUT2D eigenvalue weighted by molar-refractivity contribution is 6.30. The average Bonchev–Trinajstić information content (AvgIpc) is 3.23. The van der Waals surface area contributed by atoms with E-state index in [2.05, 4.69) is 10.1 Å². The normalized spacial score (nSPS) is 11.6. The number of nitrogens with zero attached hydrogens (tertiary/aromatic N) is 5. The van der Waals surface area contributed by atoms with Crippen LogP contribution >= 0.6 is 11.6 Å². The SMILES string of the molecule is Cc1c(C)n(-c2ccc(F)cc2)c2ncn3nc(-c4ccc(Cl)cc4)nc3c12. The molecule has 138 valence electrons. The predicted molar refractivity (Wildman–Crippen MR) is 107 cm³/mol. The Morgan fingerprint density at radius 2 is 1.64 bits per heavy atom. The Hall–Kier alpha value is -3.25. The third kappa shape index (κ3) is 2.49. The van der Waals surface area contributed by atoms with Crippen LogP contribution in [0.25, 0.3) is 33.8 Å². The molecule has 0 unspecified atom stereocenters. The number of fused-ring (bicyclic) bond motifs is 3. The minimum Gasteiger partial charge on any atom is -0.298 e. The van der Waals surface area contributed by atoms with Crippen molar-refractivity contribution in [2.45, 2.75) is 13.8 Å². The van der Waals surface area contributed by atoms with E-state index in [-0.39, 0.29) is 5.82 Å². The fourth-order valence-corrected chi connectivity index (χ4v) is 3.61. The molecule has 0 fully saturated rings. The third-order valence-corrected chi connectivity index (χ3v) is 5.27. The third-order valence-electron chi connectivity index (χ3n) is 5.02. The number of halogens is 2. The molecule has 7 heteroatoms. The van der Waals surface area contributed by atoms with Gasteiger partial charge in [-0.1, -0.05) is 11.6 Å². The van der Waals surface area contributed by atoms with Gasteiger partial charge in [-0.3, -0.25) is 4.57 Å². The van der Waals surface area contributed by atoms with Crippen molar-refractivity contribution in [3.8, 4) is 17.1 Å². The molecule has 5 rings (SSSR count). The number of benzene rings is 2. The van der Waals surface area contributed by atoms with Crippen LogP contribution in [0.15, 0.2) is 54.9 Å². The topological polar surface area (TPSA) is 48.0 Å². The Bertz CT molecular complexity index is 1330. The first kappa shape index (κ1) is 16.9. The summed E-state index contributed by atoms with van der Waals surface area (Å²) in [6, 6.07) is 13.8. The highest BCUT2D eigenvalue weighted by Gasteiger charge is 2.19. The van der Waals surface area contributed by atoms with Crippen LogP contribution in [0.1, 0.15) is 11.3 Å². The molecule has 0 aliphatic heterocycles. The molecule has 0 bridgehead atoms. The second-order valence-electron chi connectivity index (χ2n) is 6.68. The molecular formula is C21H15ClFN5. The van der Waals surface area contributed by atoms with Crippen molar-refractivity contribution in [3.63, 3.8) is 0 Å². The smallest absolute Gasteiger partial charge is 0.182 e. The van der Waals surface area contributed by atoms with Crippen LogP contribution < -0.4 is 0 Å². The van der Waals surface area contributed by atoms with Gasteiger partial charge in [0.2, 0.25) is 0 Å². The van der Waals surface area contributed by atoms with Gasteiger partial charge in [0.1, 0.15) is 12.1 Å². The average molecular weight is 392 g/mol. The van der Waals surface area contributed by atoms with E-state index in [1.807, 2.05) is 42.7 Å². The number of aromatic nitrogens is 5. The fourth-order valence-electron chi connectivity index (χ4n) is 3.49. The van der Waals surface area contributed by atoms with Gasteiger partial charge in [-0.15, -0.1) is 5.10 Å². The first-order chi connectivity index (χ1) is 13.5. The summed E-state index contributed by atoms with van der Waals surface area (Å²) < 4.78 is 17.1. The van der Waals surface area contributed by atoms with E-state index in [0.717, 1.165) is 39.2 Å². The zero-order valence-corrected chi connectivity index (χ0v) is 15.9. The van der Waals surface area contributed by atoms with Crippen molar-refractivity contribution in [1.82, 2.24) is 24.1 Å². The molecule has 5 nitrogen and oxygen atoms in total. The molecule has 0 aliphatic rings. The van der Waals surface area contributed by atoms with Crippen molar-refractivity contribution in [2.75, 3.05) is 0 Å². The van der Waals surface area contributed by atoms with Crippen molar-refractivity contribution in [3.05, 3.63) is 77.0 Å². The first-order valence-corrected chi connectivity index (χ1v) is 9.15. The Morgan fingerprint density at radius 3 is 2.36 bits per heavy atom. The molecule has 28 heavy (non-hydrogen) atoms. The summed E-state index contributed by atoms with van der Waals surface area (Å²) in [5, 5.41) is 6.16. The van der Waals surface area contributed by atoms with Gasteiger partial charge in [0.25, 0.3) is 0 Å². The lowest BCUT2D eigenvalue weighted by atomic mass is 10.2. The van der Waals surface area contributed by atoms with Crippen molar-refractivity contribution in [2.24, 2.45) is 0 Å². The summed E-state index contributed by atoms with van der Waals surface area (Å²) in [6.07, 6.45) is 1.66. The summed E-state index contributed by atoms with van der Waals surface area (Å²) >= 11 is 5.98. The van der Waals surface area contributed by atoms with Gasteiger partial charge in [-0.25, -0.2) is 18.9 Å². The van der Waals surface area contributed by atoms with Crippen LogP contribution in [0.4, 0.5) is 4.39 Å². The summed E-state index contributed by atoms with van der Waals surface area (Å²) in [6.45, 7) is 4.06. The van der Waals surface area contributed by atoms with Crippen molar-refractivity contribution in [1.29, 1.82) is 0 Å². The number of rotatable bonds is 2. The van der Waals surface area contributed by atoms with Gasteiger partial charge in [0.15, 0.2) is 17.1 Å². The largest absolute Gasteiger partial charge is 0.298 e. The van der Waals surface area contributed by atoms with Gasteiger partial charge in [0.05, 0.1) is 5.39 Å². The summed E-state index contributed by atoms with van der Waals surface area (Å²) in [5.74, 6) is 0.340. The summed E-state index contributed by atoms with van der Waals surface area (Å²) in [5.41, 5.74) is 5.33. The molecule has 3 aromatic heterocycles. The van der Waals surface area contributed by atoms with E-state index in [1.165, 1.54) is 12.1 Å². The van der Waals surface area contributed by atoms with E-state index >= 15 is 0 Å². The van der Waals surface area contributed by atoms with Gasteiger partial charge >= 0.3 is 0 Å². The zero-order chi connectivity index (χ0) is 19.4. The lowest BCUT2D eigenvalue weighted by Crippen LogP contribution is -1.99. The molecule has 0 spiro atoms. The molecule has 0 radical (unpaired) electrons. The Morgan fingerprint density at radius 1 is 0.929 bits per heavy atom. The zero-order valence-electron chi connectivity index (χ0n) is 15.2. The van der Waals surface area contributed by atoms with Crippen LogP contribution in [0, 0.1) is 19.7 Å². The van der Waals surface area contributed by atoms with Crippen LogP contribution in [-0.4, -0.2) is 24.1 Å². The predicted octanol–water partition coefficient (Wildman–Crippen LogP) is 5.14. The monoisotopic (exact) mass is 391 g/mol. The Balaban J connectivity index is 1.77. The highest BCUT2D eigenvalue weighted by Crippen LogP contribution is 2.30. The molecule has 0 saturated heterocycles. The van der Waals surface area contributed by atoms with E-state index in [4.69, 9.17) is 16.6 Å². The summed E-state index contributed by atoms with van der Waals surface area (Å²) in [4.78, 5) is 9.38. The van der Waals surface area contributed by atoms with Gasteiger partial charge < -0.3 is 0 Å². The van der Waals surface area contributed by atoms with E-state index < -0.39 is 0 Å². The minimum atomic E-state index is -0.269. The Labute approximate surface area is 165 Å². The molecule has 0 aliphatic carbocycles. The molecule has 0 amide bonds. The van der Waals surface area contributed by atoms with Crippen molar-refractivity contribution >= 4 is 28.3 Å². The minimum absolute atomic E-state index is 0.269. The number of aryl methyl sites for hydroxylation is 1. The van der Waals surface area contributed by atoms with Gasteiger partial charge in [-0.2, -0.15) is 0 Å². The first-order valence-electron chi connectivity index (χ1n) is 8.78. The standard InChI is InChI=1S/C21H15ClFN5/c1-12-13(2)28(17-9-7-16(23)8-10-17)20-18(12)21-25-19(26-27(21)11-24-20)14-3-5-15(22)6-4-14/h3-11H,1-2H3. The molecule has 0 N–H and O–H groups in total. The molecule has 3 heterocycles. The van der Waals surface area contributed by atoms with Crippen LogP contribution in [0.5, 0.6) is 0 Å². The second-order valence-corrected chi connectivity index (χ2v) is 7.11. The molecule has 5 aromatic rings. The van der Waals surface area contributed by atoms with E-state index in [9.17, 15) is 4.39 Å². The van der Waals surface area contributed by atoms with Crippen LogP contribution in [0.2, 0.25) is 5.02 Å². The number of hydrogen-bond acceptors (Lipinski definition) is 3. The lowest BCUT2D eigenvalue weighted by Gasteiger charge is -2.07. The van der Waals surface area contributed by atoms with Gasteiger partial charge in [0, 0.05) is 22.0 Å². The molecule has 0 atom stereocenters. The second kappa shape index (κ2) is 6.14. The maximum Gasteiger partial charge on any atom is 0.182 e. The highest BCUT2D eigenvalue weighted by atomic mass is 35.5. The quantitative estimate of drug-likeness (QED) is 0.418. The molecule has 2 aromatic carbocycles. The van der Waals surface area contributed by atoms with E-state index in [0.29, 0.717) is 10.8 Å². The Kier molecular flexibility index (Phi) is 3.70. The lowest BCUT2D eigenvalue weighted by molar-refractivity contribution is 0.627. The maximum absolute atomic E-state index is 13.4. The fraction of sp³-hybridized carbons (Fsp3) is 0.0952.